The number of guanidine groups is 1. The van der Waals surface area contributed by atoms with E-state index in [-0.39, 0.29) is 5.91 Å². The van der Waals surface area contributed by atoms with Crippen LogP contribution in [0.1, 0.15) is 42.6 Å². The Labute approximate surface area is 144 Å². The molecule has 1 heterocycles. The van der Waals surface area contributed by atoms with Gasteiger partial charge in [-0.05, 0) is 50.6 Å². The predicted molar refractivity (Wildman–Crippen MR) is 98.0 cm³/mol. The summed E-state index contributed by atoms with van der Waals surface area (Å²) in [5.41, 5.74) is 7.66. The van der Waals surface area contributed by atoms with Gasteiger partial charge in [-0.15, -0.1) is 0 Å². The molecule has 0 saturated carbocycles. The second kappa shape index (κ2) is 9.27. The number of rotatable bonds is 7. The Hall–Kier alpha value is -2.08. The van der Waals surface area contributed by atoms with Gasteiger partial charge in [0.2, 0.25) is 0 Å². The van der Waals surface area contributed by atoms with Crippen molar-refractivity contribution in [3.05, 3.63) is 35.4 Å². The van der Waals surface area contributed by atoms with Gasteiger partial charge < -0.3 is 16.4 Å². The third kappa shape index (κ3) is 5.23. The van der Waals surface area contributed by atoms with Gasteiger partial charge in [0.05, 0.1) is 6.54 Å². The molecule has 1 aliphatic rings. The van der Waals surface area contributed by atoms with E-state index in [4.69, 9.17) is 5.73 Å². The Balaban J connectivity index is 1.80. The molecule has 6 nitrogen and oxygen atoms in total. The lowest BCUT2D eigenvalue weighted by molar-refractivity contribution is 0.0956. The molecule has 1 aromatic rings. The van der Waals surface area contributed by atoms with Crippen molar-refractivity contribution in [2.45, 2.75) is 39.3 Å². The standard InChI is InChI=1S/C18H29N5O/c1-3-20-17(24)15-9-7-14(8-10-15)12-21-18(19)22-13-16-6-5-11-23(16)4-2/h7-10,16H,3-6,11-13H2,1-2H3,(H,20,24)(H3,19,21,22). The summed E-state index contributed by atoms with van der Waals surface area (Å²) in [5, 5.41) is 6.01. The minimum absolute atomic E-state index is 0.0502. The number of benzene rings is 1. The molecule has 4 N–H and O–H groups in total. The monoisotopic (exact) mass is 331 g/mol. The minimum atomic E-state index is -0.0502. The summed E-state index contributed by atoms with van der Waals surface area (Å²) in [6.45, 7) is 8.35. The number of hydrogen-bond acceptors (Lipinski definition) is 3. The number of likely N-dealkylation sites (N-methyl/N-ethyl adjacent to an activating group) is 1. The van der Waals surface area contributed by atoms with E-state index >= 15 is 0 Å². The molecule has 2 rings (SSSR count). The molecule has 1 aromatic carbocycles. The van der Waals surface area contributed by atoms with Gasteiger partial charge in [-0.1, -0.05) is 19.1 Å². The SMILES string of the molecule is CCNC(=O)c1ccc(CN=C(N)NCC2CCCN2CC)cc1. The molecule has 1 fully saturated rings. The molecule has 1 saturated heterocycles. The molecule has 0 bridgehead atoms. The number of nitrogens with zero attached hydrogens (tertiary/aromatic N) is 2. The second-order valence-corrected chi connectivity index (χ2v) is 6.06. The molecule has 24 heavy (non-hydrogen) atoms. The highest BCUT2D eigenvalue weighted by molar-refractivity contribution is 5.94. The fourth-order valence-electron chi connectivity index (χ4n) is 3.02. The Kier molecular flexibility index (Phi) is 7.06. The summed E-state index contributed by atoms with van der Waals surface area (Å²) < 4.78 is 0. The summed E-state index contributed by atoms with van der Waals surface area (Å²) in [4.78, 5) is 18.6. The maximum atomic E-state index is 11.7. The van der Waals surface area contributed by atoms with E-state index in [9.17, 15) is 4.79 Å². The minimum Gasteiger partial charge on any atom is -0.370 e. The maximum absolute atomic E-state index is 11.7. The second-order valence-electron chi connectivity index (χ2n) is 6.06. The van der Waals surface area contributed by atoms with Crippen molar-refractivity contribution < 1.29 is 4.79 Å². The normalized spacial score (nSPS) is 18.6. The number of likely N-dealkylation sites (tertiary alicyclic amines) is 1. The lowest BCUT2D eigenvalue weighted by atomic mass is 10.1. The summed E-state index contributed by atoms with van der Waals surface area (Å²) in [7, 11) is 0. The van der Waals surface area contributed by atoms with Gasteiger partial charge in [0, 0.05) is 24.7 Å². The predicted octanol–water partition coefficient (Wildman–Crippen LogP) is 1.32. The van der Waals surface area contributed by atoms with Gasteiger partial charge >= 0.3 is 0 Å². The van der Waals surface area contributed by atoms with Gasteiger partial charge in [0.15, 0.2) is 5.96 Å². The highest BCUT2D eigenvalue weighted by atomic mass is 16.1. The van der Waals surface area contributed by atoms with Crippen molar-refractivity contribution in [1.82, 2.24) is 15.5 Å². The molecule has 1 aliphatic heterocycles. The van der Waals surface area contributed by atoms with E-state index < -0.39 is 0 Å². The van der Waals surface area contributed by atoms with Crippen LogP contribution < -0.4 is 16.4 Å². The highest BCUT2D eigenvalue weighted by Gasteiger charge is 2.22. The van der Waals surface area contributed by atoms with Crippen LogP contribution in [-0.2, 0) is 6.54 Å². The molecule has 6 heteroatoms. The van der Waals surface area contributed by atoms with Crippen LogP contribution in [0.25, 0.3) is 0 Å². The number of nitrogens with two attached hydrogens (primary N) is 1. The van der Waals surface area contributed by atoms with Crippen LogP contribution in [0.4, 0.5) is 0 Å². The number of amides is 1. The lowest BCUT2D eigenvalue weighted by Gasteiger charge is -2.23. The van der Waals surface area contributed by atoms with Crippen molar-refractivity contribution in [1.29, 1.82) is 0 Å². The quantitative estimate of drug-likeness (QED) is 0.520. The third-order valence-corrected chi connectivity index (χ3v) is 4.41. The first-order chi connectivity index (χ1) is 11.6. The van der Waals surface area contributed by atoms with Crippen molar-refractivity contribution in [3.63, 3.8) is 0 Å². The van der Waals surface area contributed by atoms with Crippen molar-refractivity contribution in [3.8, 4) is 0 Å². The first-order valence-corrected chi connectivity index (χ1v) is 8.79. The third-order valence-electron chi connectivity index (χ3n) is 4.41. The fourth-order valence-corrected chi connectivity index (χ4v) is 3.02. The zero-order chi connectivity index (χ0) is 17.4. The number of nitrogens with one attached hydrogen (secondary N) is 2. The maximum Gasteiger partial charge on any atom is 0.251 e. The van der Waals surface area contributed by atoms with Crippen LogP contribution in [0, 0.1) is 0 Å². The van der Waals surface area contributed by atoms with Crippen molar-refractivity contribution in [2.24, 2.45) is 10.7 Å². The van der Waals surface area contributed by atoms with Crippen molar-refractivity contribution >= 4 is 11.9 Å². The Morgan fingerprint density at radius 3 is 2.71 bits per heavy atom. The number of carbonyl (C=O) groups excluding carboxylic acids is 1. The molecule has 0 spiro atoms. The van der Waals surface area contributed by atoms with Gasteiger partial charge in [0.1, 0.15) is 0 Å². The summed E-state index contributed by atoms with van der Waals surface area (Å²) in [6.07, 6.45) is 2.48. The zero-order valence-corrected chi connectivity index (χ0v) is 14.7. The van der Waals surface area contributed by atoms with Crippen LogP contribution >= 0.6 is 0 Å². The molecule has 132 valence electrons. The Morgan fingerprint density at radius 1 is 1.29 bits per heavy atom. The lowest BCUT2D eigenvalue weighted by Crippen LogP contribution is -2.42. The first kappa shape index (κ1) is 18.3. The van der Waals surface area contributed by atoms with E-state index in [2.05, 4.69) is 27.4 Å². The van der Waals surface area contributed by atoms with Crippen LogP contribution in [-0.4, -0.2) is 49.0 Å². The topological polar surface area (TPSA) is 82.8 Å². The molecule has 1 unspecified atom stereocenters. The number of hydrogen-bond donors (Lipinski definition) is 3. The number of aliphatic imine (C=N–C) groups is 1. The first-order valence-electron chi connectivity index (χ1n) is 8.79. The zero-order valence-electron chi connectivity index (χ0n) is 14.7. The molecule has 0 radical (unpaired) electrons. The summed E-state index contributed by atoms with van der Waals surface area (Å²) in [5.74, 6) is 0.427. The van der Waals surface area contributed by atoms with Gasteiger partial charge in [-0.2, -0.15) is 0 Å². The van der Waals surface area contributed by atoms with E-state index in [0.29, 0.717) is 30.7 Å². The average molecular weight is 331 g/mol. The van der Waals surface area contributed by atoms with E-state index in [0.717, 1.165) is 18.7 Å². The van der Waals surface area contributed by atoms with Crippen LogP contribution in [0.5, 0.6) is 0 Å². The molecular formula is C18H29N5O. The summed E-state index contributed by atoms with van der Waals surface area (Å²) >= 11 is 0. The molecule has 0 aromatic heterocycles. The number of carbonyl (C=O) groups is 1. The molecular weight excluding hydrogens is 302 g/mol. The van der Waals surface area contributed by atoms with Gasteiger partial charge in [-0.25, -0.2) is 4.99 Å². The Bertz CT molecular complexity index is 555. The van der Waals surface area contributed by atoms with Crippen LogP contribution in [0.2, 0.25) is 0 Å². The van der Waals surface area contributed by atoms with Crippen molar-refractivity contribution in [2.75, 3.05) is 26.2 Å². The van der Waals surface area contributed by atoms with Gasteiger partial charge in [-0.3, -0.25) is 9.69 Å². The van der Waals surface area contributed by atoms with Crippen LogP contribution in [0.15, 0.2) is 29.3 Å². The smallest absolute Gasteiger partial charge is 0.251 e. The Morgan fingerprint density at radius 2 is 2.04 bits per heavy atom. The molecule has 1 amide bonds. The highest BCUT2D eigenvalue weighted by Crippen LogP contribution is 2.15. The van der Waals surface area contributed by atoms with E-state index in [1.165, 1.54) is 19.4 Å². The van der Waals surface area contributed by atoms with E-state index in [1.54, 1.807) is 0 Å². The largest absolute Gasteiger partial charge is 0.370 e. The fraction of sp³-hybridized carbons (Fsp3) is 0.556. The van der Waals surface area contributed by atoms with Crippen LogP contribution in [0.3, 0.4) is 0 Å². The summed E-state index contributed by atoms with van der Waals surface area (Å²) in [6, 6.07) is 8.02. The molecule has 0 aliphatic carbocycles. The van der Waals surface area contributed by atoms with E-state index in [1.807, 2.05) is 31.2 Å². The van der Waals surface area contributed by atoms with Gasteiger partial charge in [0.25, 0.3) is 5.91 Å². The molecule has 1 atom stereocenters. The average Bonchev–Trinajstić information content (AvgIpc) is 3.06.